The van der Waals surface area contributed by atoms with Crippen LogP contribution in [0.2, 0.25) is 0 Å². The predicted molar refractivity (Wildman–Crippen MR) is 63.2 cm³/mol. The minimum absolute atomic E-state index is 0.0114. The van der Waals surface area contributed by atoms with Gasteiger partial charge >= 0.3 is 0 Å². The number of aromatic nitrogens is 2. The van der Waals surface area contributed by atoms with Gasteiger partial charge in [0.05, 0.1) is 6.61 Å². The van der Waals surface area contributed by atoms with Crippen molar-refractivity contribution in [3.05, 3.63) is 18.0 Å². The number of anilines is 1. The first-order valence-corrected chi connectivity index (χ1v) is 6.03. The van der Waals surface area contributed by atoms with Gasteiger partial charge in [0.15, 0.2) is 0 Å². The number of aliphatic hydroxyl groups is 1. The summed E-state index contributed by atoms with van der Waals surface area (Å²) in [5.74, 6) is 0.809. The van der Waals surface area contributed by atoms with Crippen LogP contribution < -0.4 is 4.90 Å². The van der Waals surface area contributed by atoms with Crippen molar-refractivity contribution in [3.63, 3.8) is 0 Å². The standard InChI is InChI=1S/C12H19N3O/c1-2-11-5-3-4-6-15(11)12-13-7-10(9-16)8-14-12/h7-8,11,16H,2-6,9H2,1H3. The normalized spacial score (nSPS) is 21.1. The molecule has 88 valence electrons. The first-order valence-electron chi connectivity index (χ1n) is 6.03. The SMILES string of the molecule is CCC1CCCCN1c1ncc(CO)cn1. The van der Waals surface area contributed by atoms with Crippen molar-refractivity contribution in [1.29, 1.82) is 0 Å². The lowest BCUT2D eigenvalue weighted by molar-refractivity contribution is 0.281. The number of hydrogen-bond donors (Lipinski definition) is 1. The Labute approximate surface area is 96.3 Å². The summed E-state index contributed by atoms with van der Waals surface area (Å²) in [5.41, 5.74) is 0.772. The second kappa shape index (κ2) is 5.25. The van der Waals surface area contributed by atoms with Gasteiger partial charge in [0.25, 0.3) is 0 Å². The van der Waals surface area contributed by atoms with Crippen LogP contribution in [0.3, 0.4) is 0 Å². The predicted octanol–water partition coefficient (Wildman–Crippen LogP) is 1.74. The average Bonchev–Trinajstić information content (AvgIpc) is 2.39. The van der Waals surface area contributed by atoms with Crippen LogP contribution in [0.15, 0.2) is 12.4 Å². The lowest BCUT2D eigenvalue weighted by atomic mass is 10.0. The molecule has 16 heavy (non-hydrogen) atoms. The molecular formula is C12H19N3O. The molecule has 1 unspecified atom stereocenters. The van der Waals surface area contributed by atoms with Gasteiger partial charge in [-0.2, -0.15) is 0 Å². The highest BCUT2D eigenvalue weighted by atomic mass is 16.3. The van der Waals surface area contributed by atoms with Crippen molar-refractivity contribution < 1.29 is 5.11 Å². The molecule has 1 aromatic rings. The third-order valence-corrected chi connectivity index (χ3v) is 3.23. The molecule has 0 aromatic carbocycles. The van der Waals surface area contributed by atoms with Gasteiger partial charge in [-0.1, -0.05) is 6.92 Å². The molecule has 2 heterocycles. The summed E-state index contributed by atoms with van der Waals surface area (Å²) in [6.07, 6.45) is 8.34. The molecule has 0 radical (unpaired) electrons. The molecule has 0 saturated carbocycles. The molecule has 1 N–H and O–H groups in total. The van der Waals surface area contributed by atoms with Crippen LogP contribution in [0.5, 0.6) is 0 Å². The van der Waals surface area contributed by atoms with E-state index in [1.54, 1.807) is 12.4 Å². The van der Waals surface area contributed by atoms with Crippen molar-refractivity contribution in [3.8, 4) is 0 Å². The minimum Gasteiger partial charge on any atom is -0.392 e. The Hall–Kier alpha value is -1.16. The fourth-order valence-electron chi connectivity index (χ4n) is 2.27. The third kappa shape index (κ3) is 2.32. The summed E-state index contributed by atoms with van der Waals surface area (Å²) < 4.78 is 0. The lowest BCUT2D eigenvalue weighted by Gasteiger charge is -2.35. The van der Waals surface area contributed by atoms with E-state index in [0.29, 0.717) is 6.04 Å². The highest BCUT2D eigenvalue weighted by Crippen LogP contribution is 2.23. The smallest absolute Gasteiger partial charge is 0.225 e. The number of nitrogens with zero attached hydrogens (tertiary/aromatic N) is 3. The average molecular weight is 221 g/mol. The Morgan fingerprint density at radius 3 is 2.75 bits per heavy atom. The zero-order chi connectivity index (χ0) is 11.4. The van der Waals surface area contributed by atoms with Crippen LogP contribution in [0.1, 0.15) is 38.2 Å². The van der Waals surface area contributed by atoms with Crippen LogP contribution in [0.25, 0.3) is 0 Å². The topological polar surface area (TPSA) is 49.2 Å². The number of aliphatic hydroxyl groups excluding tert-OH is 1. The molecule has 0 spiro atoms. The Balaban J connectivity index is 2.14. The van der Waals surface area contributed by atoms with Gasteiger partial charge in [0.1, 0.15) is 0 Å². The van der Waals surface area contributed by atoms with E-state index in [9.17, 15) is 0 Å². The maximum absolute atomic E-state index is 8.94. The highest BCUT2D eigenvalue weighted by molar-refractivity contribution is 5.32. The maximum atomic E-state index is 8.94. The highest BCUT2D eigenvalue weighted by Gasteiger charge is 2.22. The first-order chi connectivity index (χ1) is 7.85. The van der Waals surface area contributed by atoms with E-state index >= 15 is 0 Å². The lowest BCUT2D eigenvalue weighted by Crippen LogP contribution is -2.40. The van der Waals surface area contributed by atoms with Crippen LogP contribution >= 0.6 is 0 Å². The van der Waals surface area contributed by atoms with Crippen LogP contribution in [0, 0.1) is 0 Å². The summed E-state index contributed by atoms with van der Waals surface area (Å²) in [6.45, 7) is 3.28. The van der Waals surface area contributed by atoms with Crippen molar-refractivity contribution in [1.82, 2.24) is 9.97 Å². The van der Waals surface area contributed by atoms with E-state index in [2.05, 4.69) is 21.8 Å². The van der Waals surface area contributed by atoms with Crippen LogP contribution in [-0.2, 0) is 6.61 Å². The van der Waals surface area contributed by atoms with Crippen molar-refractivity contribution >= 4 is 5.95 Å². The van der Waals surface area contributed by atoms with Crippen molar-refractivity contribution in [2.24, 2.45) is 0 Å². The van der Waals surface area contributed by atoms with E-state index in [1.807, 2.05) is 0 Å². The Morgan fingerprint density at radius 2 is 2.12 bits per heavy atom. The second-order valence-electron chi connectivity index (χ2n) is 4.30. The molecule has 1 saturated heterocycles. The number of hydrogen-bond acceptors (Lipinski definition) is 4. The molecule has 1 atom stereocenters. The minimum atomic E-state index is 0.0114. The summed E-state index contributed by atoms with van der Waals surface area (Å²) in [4.78, 5) is 10.9. The monoisotopic (exact) mass is 221 g/mol. The molecule has 1 aliphatic heterocycles. The summed E-state index contributed by atoms with van der Waals surface area (Å²) >= 11 is 0. The van der Waals surface area contributed by atoms with Crippen molar-refractivity contribution in [2.45, 2.75) is 45.3 Å². The molecule has 1 aliphatic rings. The van der Waals surface area contributed by atoms with Gasteiger partial charge in [-0.15, -0.1) is 0 Å². The summed E-state index contributed by atoms with van der Waals surface area (Å²) in [5, 5.41) is 8.94. The molecule has 4 nitrogen and oxygen atoms in total. The molecule has 1 fully saturated rings. The Bertz CT molecular complexity index is 326. The summed E-state index contributed by atoms with van der Waals surface area (Å²) in [7, 11) is 0. The molecular weight excluding hydrogens is 202 g/mol. The zero-order valence-electron chi connectivity index (χ0n) is 9.76. The van der Waals surface area contributed by atoms with E-state index < -0.39 is 0 Å². The zero-order valence-corrected chi connectivity index (χ0v) is 9.76. The van der Waals surface area contributed by atoms with Crippen LogP contribution in [0.4, 0.5) is 5.95 Å². The number of piperidine rings is 1. The fourth-order valence-corrected chi connectivity index (χ4v) is 2.27. The Kier molecular flexibility index (Phi) is 3.72. The van der Waals surface area contributed by atoms with E-state index in [0.717, 1.165) is 24.5 Å². The van der Waals surface area contributed by atoms with Crippen molar-refractivity contribution in [2.75, 3.05) is 11.4 Å². The molecule has 1 aromatic heterocycles. The maximum Gasteiger partial charge on any atom is 0.225 e. The quantitative estimate of drug-likeness (QED) is 0.844. The van der Waals surface area contributed by atoms with E-state index in [1.165, 1.54) is 19.3 Å². The molecule has 0 aliphatic carbocycles. The number of rotatable bonds is 3. The van der Waals surface area contributed by atoms with E-state index in [4.69, 9.17) is 5.11 Å². The first kappa shape index (κ1) is 11.3. The molecule has 2 rings (SSSR count). The third-order valence-electron chi connectivity index (χ3n) is 3.23. The molecule has 0 bridgehead atoms. The van der Waals surface area contributed by atoms with Gasteiger partial charge in [0.2, 0.25) is 5.95 Å². The van der Waals surface area contributed by atoms with Crippen LogP contribution in [-0.4, -0.2) is 27.7 Å². The molecule has 4 heteroatoms. The largest absolute Gasteiger partial charge is 0.392 e. The Morgan fingerprint density at radius 1 is 1.38 bits per heavy atom. The van der Waals surface area contributed by atoms with Gasteiger partial charge < -0.3 is 10.0 Å². The van der Waals surface area contributed by atoms with Gasteiger partial charge in [-0.05, 0) is 25.7 Å². The van der Waals surface area contributed by atoms with Gasteiger partial charge in [-0.25, -0.2) is 9.97 Å². The molecule has 0 amide bonds. The fraction of sp³-hybridized carbons (Fsp3) is 0.667. The second-order valence-corrected chi connectivity index (χ2v) is 4.30. The van der Waals surface area contributed by atoms with E-state index in [-0.39, 0.29) is 6.61 Å². The summed E-state index contributed by atoms with van der Waals surface area (Å²) in [6, 6.07) is 0.578. The van der Waals surface area contributed by atoms with Gasteiger partial charge in [0, 0.05) is 30.5 Å². The van der Waals surface area contributed by atoms with Gasteiger partial charge in [-0.3, -0.25) is 0 Å².